The molecule has 6 nitrogen and oxygen atoms in total. The first-order chi connectivity index (χ1) is 9.42. The molecule has 21 heavy (non-hydrogen) atoms. The molecule has 1 atom stereocenters. The molecule has 0 aliphatic heterocycles. The van der Waals surface area contributed by atoms with Crippen molar-refractivity contribution in [3.05, 3.63) is 47.4 Å². The van der Waals surface area contributed by atoms with E-state index in [9.17, 15) is 8.42 Å². The molecule has 116 valence electrons. The second-order valence-corrected chi connectivity index (χ2v) is 6.36. The Kier molecular flexibility index (Phi) is 6.18. The number of imidazole rings is 1. The highest BCUT2D eigenvalue weighted by Crippen LogP contribution is 2.18. The number of sulfonamides is 1. The molecule has 0 saturated heterocycles. The van der Waals surface area contributed by atoms with Crippen molar-refractivity contribution in [2.45, 2.75) is 11.1 Å². The highest BCUT2D eigenvalue weighted by molar-refractivity contribution is 7.89. The van der Waals surface area contributed by atoms with Crippen molar-refractivity contribution in [3.63, 3.8) is 0 Å². The van der Waals surface area contributed by atoms with E-state index in [1.54, 1.807) is 7.05 Å². The monoisotopic (exact) mass is 350 g/mol. The minimum atomic E-state index is -3.77. The van der Waals surface area contributed by atoms with E-state index >= 15 is 0 Å². The molecule has 2 rings (SSSR count). The van der Waals surface area contributed by atoms with E-state index in [0.717, 1.165) is 5.56 Å². The molecule has 1 aromatic carbocycles. The Hall–Kier alpha value is -1.12. The van der Waals surface area contributed by atoms with Crippen LogP contribution in [0.15, 0.2) is 41.7 Å². The number of hydrogen-bond acceptors (Lipinski definition) is 4. The Labute approximate surface area is 134 Å². The van der Waals surface area contributed by atoms with Crippen LogP contribution >= 0.6 is 24.0 Å². The van der Waals surface area contributed by atoms with E-state index in [4.69, 9.17) is 17.3 Å². The molecular weight excluding hydrogens is 335 g/mol. The van der Waals surface area contributed by atoms with Crippen LogP contribution in [0.4, 0.5) is 0 Å². The Morgan fingerprint density at radius 1 is 1.38 bits per heavy atom. The fourth-order valence-corrected chi connectivity index (χ4v) is 3.14. The predicted molar refractivity (Wildman–Crippen MR) is 84.0 cm³/mol. The second kappa shape index (κ2) is 7.24. The smallest absolute Gasteiger partial charge is 0.261 e. The first-order valence-electron chi connectivity index (χ1n) is 5.89. The summed E-state index contributed by atoms with van der Waals surface area (Å²) in [6, 6.07) is 8.81. The fourth-order valence-electron chi connectivity index (χ4n) is 1.66. The Morgan fingerprint density at radius 3 is 2.52 bits per heavy atom. The average molecular weight is 351 g/mol. The maximum atomic E-state index is 12.1. The molecule has 0 bridgehead atoms. The molecule has 0 aliphatic rings. The van der Waals surface area contributed by atoms with Gasteiger partial charge in [-0.25, -0.2) is 18.1 Å². The van der Waals surface area contributed by atoms with Crippen LogP contribution in [0.2, 0.25) is 5.15 Å². The summed E-state index contributed by atoms with van der Waals surface area (Å²) in [5.74, 6) is 0. The van der Waals surface area contributed by atoms with Gasteiger partial charge in [0.1, 0.15) is 5.15 Å². The minimum Gasteiger partial charge on any atom is -0.324 e. The zero-order valence-corrected chi connectivity index (χ0v) is 13.6. The lowest BCUT2D eigenvalue weighted by Gasteiger charge is -2.12. The number of aromatic nitrogens is 2. The average Bonchev–Trinajstić information content (AvgIpc) is 2.78. The summed E-state index contributed by atoms with van der Waals surface area (Å²) in [6.07, 6.45) is 1.34. The second-order valence-electron chi connectivity index (χ2n) is 4.32. The van der Waals surface area contributed by atoms with E-state index in [1.165, 1.54) is 10.9 Å². The number of aryl methyl sites for hydroxylation is 1. The van der Waals surface area contributed by atoms with Gasteiger partial charge in [-0.15, -0.1) is 12.4 Å². The fraction of sp³-hybridized carbons (Fsp3) is 0.250. The number of rotatable bonds is 5. The molecule has 2 aromatic rings. The van der Waals surface area contributed by atoms with E-state index in [0.29, 0.717) is 0 Å². The van der Waals surface area contributed by atoms with Crippen LogP contribution in [0.1, 0.15) is 11.6 Å². The van der Waals surface area contributed by atoms with Gasteiger partial charge >= 0.3 is 0 Å². The van der Waals surface area contributed by atoms with Crippen molar-refractivity contribution in [3.8, 4) is 0 Å². The van der Waals surface area contributed by atoms with Gasteiger partial charge in [0.2, 0.25) is 5.03 Å². The van der Waals surface area contributed by atoms with Gasteiger partial charge in [-0.1, -0.05) is 41.9 Å². The van der Waals surface area contributed by atoms with Crippen molar-refractivity contribution in [2.75, 3.05) is 6.54 Å². The van der Waals surface area contributed by atoms with Crippen LogP contribution in [0, 0.1) is 0 Å². The molecule has 0 fully saturated rings. The lowest BCUT2D eigenvalue weighted by atomic mass is 10.1. The number of nitrogens with two attached hydrogens (primary N) is 1. The summed E-state index contributed by atoms with van der Waals surface area (Å²) in [4.78, 5) is 3.78. The number of benzene rings is 1. The van der Waals surface area contributed by atoms with E-state index in [1.807, 2.05) is 30.3 Å². The summed E-state index contributed by atoms with van der Waals surface area (Å²) >= 11 is 5.88. The first kappa shape index (κ1) is 17.9. The van der Waals surface area contributed by atoms with Gasteiger partial charge in [-0.05, 0) is 5.56 Å². The van der Waals surface area contributed by atoms with Crippen molar-refractivity contribution in [1.82, 2.24) is 14.3 Å². The summed E-state index contributed by atoms with van der Waals surface area (Å²) in [5.41, 5.74) is 6.79. The SMILES string of the molecule is Cl.Cn1cnc(S(=O)(=O)NCC(N)c2ccccc2)c1Cl. The van der Waals surface area contributed by atoms with E-state index in [2.05, 4.69) is 9.71 Å². The summed E-state index contributed by atoms with van der Waals surface area (Å²) in [5, 5.41) is -0.132. The summed E-state index contributed by atoms with van der Waals surface area (Å²) < 4.78 is 28.0. The maximum absolute atomic E-state index is 12.1. The molecule has 0 aliphatic carbocycles. The topological polar surface area (TPSA) is 90.0 Å². The molecule has 0 spiro atoms. The Bertz CT molecular complexity index is 689. The van der Waals surface area contributed by atoms with Gasteiger partial charge < -0.3 is 10.3 Å². The molecule has 1 heterocycles. The van der Waals surface area contributed by atoms with Crippen LogP contribution < -0.4 is 10.5 Å². The van der Waals surface area contributed by atoms with Gasteiger partial charge in [-0.3, -0.25) is 0 Å². The van der Waals surface area contributed by atoms with E-state index in [-0.39, 0.29) is 29.1 Å². The maximum Gasteiger partial charge on any atom is 0.261 e. The van der Waals surface area contributed by atoms with Crippen molar-refractivity contribution < 1.29 is 8.42 Å². The zero-order chi connectivity index (χ0) is 14.8. The lowest BCUT2D eigenvalue weighted by Crippen LogP contribution is -2.32. The molecular formula is C12H16Cl2N4O2S. The quantitative estimate of drug-likeness (QED) is 0.854. The molecule has 0 amide bonds. The summed E-state index contributed by atoms with van der Waals surface area (Å²) in [7, 11) is -2.15. The lowest BCUT2D eigenvalue weighted by molar-refractivity contribution is 0.569. The number of nitrogens with one attached hydrogen (secondary N) is 1. The predicted octanol–water partition coefficient (Wildman–Crippen LogP) is 1.47. The van der Waals surface area contributed by atoms with Gasteiger partial charge in [0.05, 0.1) is 6.33 Å². The number of hydrogen-bond donors (Lipinski definition) is 2. The molecule has 3 N–H and O–H groups in total. The largest absolute Gasteiger partial charge is 0.324 e. The standard InChI is InChI=1S/C12H15ClN4O2S.ClH/c1-17-8-15-12(11(17)13)20(18,19)16-7-10(14)9-5-3-2-4-6-9;/h2-6,8,10,16H,7,14H2,1H3;1H. The third-order valence-electron chi connectivity index (χ3n) is 2.81. The Morgan fingerprint density at radius 2 is 2.00 bits per heavy atom. The first-order valence-corrected chi connectivity index (χ1v) is 7.75. The molecule has 0 saturated carbocycles. The van der Waals surface area contributed by atoms with Gasteiger partial charge in [-0.2, -0.15) is 0 Å². The van der Waals surface area contributed by atoms with Crippen LogP contribution in [0.3, 0.4) is 0 Å². The number of nitrogens with zero attached hydrogens (tertiary/aromatic N) is 2. The zero-order valence-electron chi connectivity index (χ0n) is 11.2. The molecule has 0 radical (unpaired) electrons. The van der Waals surface area contributed by atoms with Crippen molar-refractivity contribution in [1.29, 1.82) is 0 Å². The minimum absolute atomic E-state index is 0. The highest BCUT2D eigenvalue weighted by atomic mass is 35.5. The number of halogens is 2. The highest BCUT2D eigenvalue weighted by Gasteiger charge is 2.22. The molecule has 1 unspecified atom stereocenters. The van der Waals surface area contributed by atoms with Gasteiger partial charge in [0, 0.05) is 19.6 Å². The van der Waals surface area contributed by atoms with Crippen LogP contribution in [-0.2, 0) is 17.1 Å². The van der Waals surface area contributed by atoms with Crippen molar-refractivity contribution in [2.24, 2.45) is 12.8 Å². The normalized spacial score (nSPS) is 12.7. The van der Waals surface area contributed by atoms with Crippen LogP contribution in [0.25, 0.3) is 0 Å². The molecule has 9 heteroatoms. The third-order valence-corrected chi connectivity index (χ3v) is 4.72. The Balaban J connectivity index is 0.00000220. The van der Waals surface area contributed by atoms with Crippen LogP contribution in [0.5, 0.6) is 0 Å². The molecule has 1 aromatic heterocycles. The summed E-state index contributed by atoms with van der Waals surface area (Å²) in [6.45, 7) is 0.0687. The van der Waals surface area contributed by atoms with Gasteiger partial charge in [0.15, 0.2) is 0 Å². The van der Waals surface area contributed by atoms with E-state index < -0.39 is 16.1 Å². The van der Waals surface area contributed by atoms with Crippen molar-refractivity contribution >= 4 is 34.0 Å². The van der Waals surface area contributed by atoms with Crippen LogP contribution in [-0.4, -0.2) is 24.5 Å². The van der Waals surface area contributed by atoms with Gasteiger partial charge in [0.25, 0.3) is 10.0 Å². The third kappa shape index (κ3) is 4.18.